The Kier molecular flexibility index (Phi) is 4.12. The van der Waals surface area contributed by atoms with Crippen LogP contribution in [0.1, 0.15) is 23.2 Å². The molecular weight excluding hydrogens is 358 g/mol. The lowest BCUT2D eigenvalue weighted by molar-refractivity contribution is 0.0327. The van der Waals surface area contributed by atoms with E-state index in [2.05, 4.69) is 25.6 Å². The molecule has 1 aromatic carbocycles. The third-order valence-electron chi connectivity index (χ3n) is 5.38. The van der Waals surface area contributed by atoms with E-state index in [1.165, 1.54) is 0 Å². The number of H-pyrrole nitrogens is 1. The summed E-state index contributed by atoms with van der Waals surface area (Å²) in [5.74, 6) is 1.10. The van der Waals surface area contributed by atoms with Crippen molar-refractivity contribution in [3.63, 3.8) is 0 Å². The maximum atomic E-state index is 12.1. The lowest BCUT2D eigenvalue weighted by Crippen LogP contribution is -2.40. The first-order valence-electron chi connectivity index (χ1n) is 9.40. The number of aromatic nitrogens is 3. The molecule has 1 saturated carbocycles. The van der Waals surface area contributed by atoms with Crippen LogP contribution in [0.4, 0.5) is 5.95 Å². The van der Waals surface area contributed by atoms with Gasteiger partial charge in [-0.3, -0.25) is 4.79 Å². The smallest absolute Gasteiger partial charge is 0.255 e. The van der Waals surface area contributed by atoms with Crippen LogP contribution >= 0.6 is 0 Å². The first kappa shape index (κ1) is 17.0. The average Bonchev–Trinajstić information content (AvgIpc) is 3.01. The molecule has 3 N–H and O–H groups in total. The predicted octanol–water partition coefficient (Wildman–Crippen LogP) is 2.34. The van der Waals surface area contributed by atoms with Crippen molar-refractivity contribution in [2.24, 2.45) is 0 Å². The van der Waals surface area contributed by atoms with Crippen LogP contribution in [0.25, 0.3) is 22.2 Å². The van der Waals surface area contributed by atoms with Crippen LogP contribution in [0.3, 0.4) is 0 Å². The zero-order chi connectivity index (χ0) is 19.1. The van der Waals surface area contributed by atoms with Gasteiger partial charge in [0.1, 0.15) is 18.0 Å². The molecule has 1 fully saturated rings. The van der Waals surface area contributed by atoms with Crippen molar-refractivity contribution in [1.29, 1.82) is 0 Å². The number of fused-ring (bicyclic) bond motifs is 2. The molecule has 3 aromatic rings. The number of hydrogen-bond donors (Lipinski definition) is 3. The summed E-state index contributed by atoms with van der Waals surface area (Å²) in [6.45, 7) is 0.963. The summed E-state index contributed by atoms with van der Waals surface area (Å²) in [7, 11) is 1.74. The number of ether oxygens (including phenoxy) is 2. The van der Waals surface area contributed by atoms with E-state index in [9.17, 15) is 4.79 Å². The summed E-state index contributed by atoms with van der Waals surface area (Å²) in [4.78, 5) is 24.4. The fourth-order valence-electron chi connectivity index (χ4n) is 3.69. The van der Waals surface area contributed by atoms with E-state index in [0.717, 1.165) is 35.0 Å². The van der Waals surface area contributed by atoms with Gasteiger partial charge in [0.25, 0.3) is 5.91 Å². The first-order chi connectivity index (χ1) is 13.7. The number of carbonyl (C=O) groups is 1. The maximum absolute atomic E-state index is 12.1. The van der Waals surface area contributed by atoms with E-state index in [1.54, 1.807) is 13.2 Å². The lowest BCUT2D eigenvalue weighted by atomic mass is 9.89. The molecule has 8 nitrogen and oxygen atoms in total. The van der Waals surface area contributed by atoms with Gasteiger partial charge in [0.2, 0.25) is 5.95 Å². The van der Waals surface area contributed by atoms with Crippen molar-refractivity contribution in [3.8, 4) is 16.9 Å². The molecule has 1 amide bonds. The highest BCUT2D eigenvalue weighted by Crippen LogP contribution is 2.33. The number of amides is 1. The molecule has 0 radical (unpaired) electrons. The topological polar surface area (TPSA) is 101 Å². The van der Waals surface area contributed by atoms with Gasteiger partial charge in [0, 0.05) is 36.5 Å². The van der Waals surface area contributed by atoms with E-state index in [1.807, 2.05) is 24.5 Å². The van der Waals surface area contributed by atoms with Crippen LogP contribution in [-0.4, -0.2) is 53.3 Å². The quantitative estimate of drug-likeness (QED) is 0.643. The highest BCUT2D eigenvalue weighted by atomic mass is 16.5. The van der Waals surface area contributed by atoms with Crippen molar-refractivity contribution < 1.29 is 14.3 Å². The number of anilines is 1. The Morgan fingerprint density at radius 3 is 3.04 bits per heavy atom. The number of rotatable bonds is 4. The fourth-order valence-corrected chi connectivity index (χ4v) is 3.69. The summed E-state index contributed by atoms with van der Waals surface area (Å²) < 4.78 is 11.0. The van der Waals surface area contributed by atoms with Crippen molar-refractivity contribution in [2.75, 3.05) is 25.6 Å². The molecule has 1 aliphatic heterocycles. The third kappa shape index (κ3) is 2.95. The summed E-state index contributed by atoms with van der Waals surface area (Å²) >= 11 is 0. The summed E-state index contributed by atoms with van der Waals surface area (Å²) in [5, 5.41) is 7.09. The van der Waals surface area contributed by atoms with Gasteiger partial charge in [-0.25, -0.2) is 4.98 Å². The highest BCUT2D eigenvalue weighted by Gasteiger charge is 2.29. The molecule has 3 heterocycles. The molecule has 8 heteroatoms. The summed E-state index contributed by atoms with van der Waals surface area (Å²) in [6, 6.07) is 5.96. The molecule has 2 aliphatic rings. The van der Waals surface area contributed by atoms with Crippen LogP contribution in [0, 0.1) is 0 Å². The zero-order valence-electron chi connectivity index (χ0n) is 15.5. The second kappa shape index (κ2) is 6.79. The van der Waals surface area contributed by atoms with Gasteiger partial charge in [-0.1, -0.05) is 6.07 Å². The molecule has 144 valence electrons. The molecule has 0 bridgehead atoms. The molecule has 0 unspecified atom stereocenters. The van der Waals surface area contributed by atoms with Crippen LogP contribution < -0.4 is 15.4 Å². The monoisotopic (exact) mass is 379 g/mol. The Hall–Kier alpha value is -3.13. The number of benzene rings is 1. The summed E-state index contributed by atoms with van der Waals surface area (Å²) in [5.41, 5.74) is 3.24. The van der Waals surface area contributed by atoms with E-state index in [4.69, 9.17) is 9.47 Å². The van der Waals surface area contributed by atoms with Gasteiger partial charge in [-0.05, 0) is 30.5 Å². The van der Waals surface area contributed by atoms with Crippen LogP contribution in [0.2, 0.25) is 0 Å². The van der Waals surface area contributed by atoms with Crippen LogP contribution in [0.5, 0.6) is 5.75 Å². The molecule has 0 spiro atoms. The van der Waals surface area contributed by atoms with Gasteiger partial charge >= 0.3 is 0 Å². The largest absolute Gasteiger partial charge is 0.491 e. The molecule has 5 rings (SSSR count). The third-order valence-corrected chi connectivity index (χ3v) is 5.38. The van der Waals surface area contributed by atoms with Crippen molar-refractivity contribution in [1.82, 2.24) is 20.3 Å². The number of nitrogens with zero attached hydrogens (tertiary/aromatic N) is 2. The highest BCUT2D eigenvalue weighted by molar-refractivity contribution is 5.99. The molecule has 1 aliphatic carbocycles. The molecular formula is C20H21N5O3. The standard InChI is InChI=1S/C20H21N5O3/c1-27-13-7-12(8-13)24-20-23-10-16-15(9-22-18(16)25-20)11-2-3-14-17(6-11)28-5-4-21-19(14)26/h2-3,6,9-10,12-13H,4-5,7-8H2,1H3,(H,21,26)(H2,22,23,24,25). The molecule has 2 aromatic heterocycles. The van der Waals surface area contributed by atoms with Gasteiger partial charge in [0.15, 0.2) is 0 Å². The van der Waals surface area contributed by atoms with Crippen molar-refractivity contribution >= 4 is 22.9 Å². The Balaban J connectivity index is 1.42. The Morgan fingerprint density at radius 2 is 2.18 bits per heavy atom. The molecule has 28 heavy (non-hydrogen) atoms. The average molecular weight is 379 g/mol. The van der Waals surface area contributed by atoms with E-state index < -0.39 is 0 Å². The number of nitrogens with one attached hydrogen (secondary N) is 3. The number of aromatic amines is 1. The van der Waals surface area contributed by atoms with Gasteiger partial charge in [-0.15, -0.1) is 0 Å². The second-order valence-corrected chi connectivity index (χ2v) is 7.14. The normalized spacial score (nSPS) is 21.2. The lowest BCUT2D eigenvalue weighted by Gasteiger charge is -2.34. The molecule has 0 atom stereocenters. The van der Waals surface area contributed by atoms with Crippen LogP contribution in [-0.2, 0) is 4.74 Å². The van der Waals surface area contributed by atoms with Crippen LogP contribution in [0.15, 0.2) is 30.6 Å². The van der Waals surface area contributed by atoms with E-state index in [-0.39, 0.29) is 5.91 Å². The maximum Gasteiger partial charge on any atom is 0.255 e. The number of methoxy groups -OCH3 is 1. The minimum absolute atomic E-state index is 0.108. The summed E-state index contributed by atoms with van der Waals surface area (Å²) in [6.07, 6.45) is 6.00. The Morgan fingerprint density at radius 1 is 1.29 bits per heavy atom. The van der Waals surface area contributed by atoms with Gasteiger partial charge in [-0.2, -0.15) is 4.98 Å². The minimum Gasteiger partial charge on any atom is -0.491 e. The Bertz CT molecular complexity index is 1040. The minimum atomic E-state index is -0.108. The van der Waals surface area contributed by atoms with Gasteiger partial charge in [0.05, 0.1) is 18.2 Å². The van der Waals surface area contributed by atoms with Crippen molar-refractivity contribution in [2.45, 2.75) is 25.0 Å². The van der Waals surface area contributed by atoms with E-state index >= 15 is 0 Å². The Labute approximate surface area is 161 Å². The van der Waals surface area contributed by atoms with Gasteiger partial charge < -0.3 is 25.1 Å². The predicted molar refractivity (Wildman–Crippen MR) is 105 cm³/mol. The van der Waals surface area contributed by atoms with Crippen molar-refractivity contribution in [3.05, 3.63) is 36.2 Å². The molecule has 0 saturated heterocycles. The SMILES string of the molecule is COC1CC(Nc2ncc3c(-c4ccc5c(c4)OCCNC5=O)c[nH]c3n2)C1. The number of hydrogen-bond acceptors (Lipinski definition) is 6. The first-order valence-corrected chi connectivity index (χ1v) is 9.40. The second-order valence-electron chi connectivity index (χ2n) is 7.14. The fraction of sp³-hybridized carbons (Fsp3) is 0.350. The number of carbonyl (C=O) groups excluding carboxylic acids is 1. The zero-order valence-corrected chi connectivity index (χ0v) is 15.5. The van der Waals surface area contributed by atoms with E-state index in [0.29, 0.717) is 42.6 Å².